The third-order valence-corrected chi connectivity index (χ3v) is 8.27. The number of benzene rings is 3. The second-order valence-corrected chi connectivity index (χ2v) is 10.6. The highest BCUT2D eigenvalue weighted by atomic mass is 32.1. The van der Waals surface area contributed by atoms with Gasteiger partial charge in [-0.3, -0.25) is 14.2 Å². The van der Waals surface area contributed by atoms with Crippen molar-refractivity contribution in [2.75, 3.05) is 25.2 Å². The summed E-state index contributed by atoms with van der Waals surface area (Å²) in [5, 5.41) is 0. The van der Waals surface area contributed by atoms with E-state index in [-0.39, 0.29) is 22.6 Å². The molecule has 1 atom stereocenters. The molecule has 0 saturated carbocycles. The van der Waals surface area contributed by atoms with Gasteiger partial charge in [0.05, 0.1) is 42.3 Å². The molecule has 0 unspecified atom stereocenters. The highest BCUT2D eigenvalue weighted by Crippen LogP contribution is 2.37. The molecule has 42 heavy (non-hydrogen) atoms. The third-order valence-electron chi connectivity index (χ3n) is 7.22. The van der Waals surface area contributed by atoms with Crippen molar-refractivity contribution >= 4 is 40.2 Å². The average molecular weight is 578 g/mol. The summed E-state index contributed by atoms with van der Waals surface area (Å²) in [7, 11) is 1.56. The number of anilines is 1. The first kappa shape index (κ1) is 27.2. The first-order chi connectivity index (χ1) is 20.5. The van der Waals surface area contributed by atoms with Crippen LogP contribution in [0.3, 0.4) is 0 Å². The summed E-state index contributed by atoms with van der Waals surface area (Å²) in [6, 6.07) is 23.1. The lowest BCUT2D eigenvalue weighted by atomic mass is 9.93. The average Bonchev–Trinajstić information content (AvgIpc) is 3.49. The van der Waals surface area contributed by atoms with Crippen LogP contribution in [-0.4, -0.2) is 36.7 Å². The van der Waals surface area contributed by atoms with Crippen molar-refractivity contribution in [1.82, 2.24) is 4.57 Å². The summed E-state index contributed by atoms with van der Waals surface area (Å²) in [5.41, 5.74) is 3.25. The van der Waals surface area contributed by atoms with Gasteiger partial charge in [-0.15, -0.1) is 6.58 Å². The zero-order chi connectivity index (χ0) is 29.4. The summed E-state index contributed by atoms with van der Waals surface area (Å²) in [6.45, 7) is 5.97. The molecular weight excluding hydrogens is 550 g/mol. The van der Waals surface area contributed by atoms with E-state index in [0.717, 1.165) is 11.3 Å². The minimum absolute atomic E-state index is 0.147. The Labute approximate surface area is 245 Å². The number of para-hydroxylation sites is 1. The smallest absolute Gasteiger partial charge is 0.338 e. The number of hydrogen-bond donors (Lipinski definition) is 0. The lowest BCUT2D eigenvalue weighted by Gasteiger charge is -2.26. The van der Waals surface area contributed by atoms with Gasteiger partial charge in [0.2, 0.25) is 0 Å². The molecule has 0 saturated heterocycles. The van der Waals surface area contributed by atoms with Crippen LogP contribution in [0.1, 0.15) is 29.7 Å². The summed E-state index contributed by atoms with van der Waals surface area (Å²) < 4.78 is 12.8. The summed E-state index contributed by atoms with van der Waals surface area (Å²) >= 11 is 1.14. The van der Waals surface area contributed by atoms with Gasteiger partial charge in [0.25, 0.3) is 11.5 Å². The first-order valence-electron chi connectivity index (χ1n) is 13.5. The van der Waals surface area contributed by atoms with E-state index in [0.29, 0.717) is 50.7 Å². The van der Waals surface area contributed by atoms with Crippen LogP contribution in [0.2, 0.25) is 0 Å². The van der Waals surface area contributed by atoms with E-state index in [2.05, 4.69) is 6.58 Å². The van der Waals surface area contributed by atoms with Gasteiger partial charge in [-0.1, -0.05) is 78.1 Å². The molecule has 0 fully saturated rings. The van der Waals surface area contributed by atoms with Crippen molar-refractivity contribution < 1.29 is 19.1 Å². The van der Waals surface area contributed by atoms with Gasteiger partial charge in [0, 0.05) is 17.7 Å². The van der Waals surface area contributed by atoms with E-state index >= 15 is 0 Å². The minimum Gasteiger partial charge on any atom is -0.497 e. The number of fused-ring (bicyclic) bond motifs is 2. The van der Waals surface area contributed by atoms with Gasteiger partial charge in [-0.25, -0.2) is 9.79 Å². The van der Waals surface area contributed by atoms with Crippen LogP contribution in [-0.2, 0) is 14.3 Å². The molecule has 8 nitrogen and oxygen atoms in total. The van der Waals surface area contributed by atoms with Crippen LogP contribution < -0.4 is 24.5 Å². The van der Waals surface area contributed by atoms with Crippen LogP contribution >= 0.6 is 11.3 Å². The molecule has 4 aromatic rings. The topological polar surface area (TPSA) is 90.2 Å². The number of aromatic nitrogens is 1. The Balaban J connectivity index is 1.72. The predicted molar refractivity (Wildman–Crippen MR) is 162 cm³/mol. The Hall–Kier alpha value is -5.02. The molecule has 0 bridgehead atoms. The molecule has 6 rings (SSSR count). The summed E-state index contributed by atoms with van der Waals surface area (Å²) in [5.74, 6) is -0.295. The molecule has 2 aliphatic heterocycles. The number of methoxy groups -OCH3 is 1. The lowest BCUT2D eigenvalue weighted by Crippen LogP contribution is -2.41. The quantitative estimate of drug-likeness (QED) is 0.246. The second-order valence-electron chi connectivity index (χ2n) is 9.63. The largest absolute Gasteiger partial charge is 0.497 e. The maximum Gasteiger partial charge on any atom is 0.338 e. The molecule has 0 spiro atoms. The number of carbonyl (C=O) groups excluding carboxylic acids is 2. The number of nitrogens with zero attached hydrogens (tertiary/aromatic N) is 3. The molecule has 3 heterocycles. The van der Waals surface area contributed by atoms with Crippen molar-refractivity contribution in [3.05, 3.63) is 133 Å². The number of ether oxygens (including phenoxy) is 2. The van der Waals surface area contributed by atoms with Gasteiger partial charge in [-0.05, 0) is 30.7 Å². The van der Waals surface area contributed by atoms with Crippen LogP contribution in [0.15, 0.2) is 107 Å². The highest BCUT2D eigenvalue weighted by Gasteiger charge is 2.38. The number of amides is 1. The number of carbonyl (C=O) groups is 2. The maximum atomic E-state index is 14.4. The van der Waals surface area contributed by atoms with Crippen LogP contribution in [0.25, 0.3) is 11.3 Å². The zero-order valence-corrected chi connectivity index (χ0v) is 23.9. The monoisotopic (exact) mass is 577 g/mol. The zero-order valence-electron chi connectivity index (χ0n) is 23.1. The van der Waals surface area contributed by atoms with E-state index in [1.54, 1.807) is 37.1 Å². The molecule has 9 heteroatoms. The Morgan fingerprint density at radius 3 is 2.55 bits per heavy atom. The van der Waals surface area contributed by atoms with Gasteiger partial charge in [0.1, 0.15) is 10.3 Å². The van der Waals surface area contributed by atoms with Gasteiger partial charge in [0.15, 0.2) is 4.80 Å². The first-order valence-corrected chi connectivity index (χ1v) is 14.3. The van der Waals surface area contributed by atoms with Gasteiger partial charge in [-0.2, -0.15) is 0 Å². The lowest BCUT2D eigenvalue weighted by molar-refractivity contribution is -0.138. The van der Waals surface area contributed by atoms with E-state index in [4.69, 9.17) is 14.5 Å². The second kappa shape index (κ2) is 11.1. The standard InChI is InChI=1S/C33H27N3O5S/c1-4-18-35-24-17-10-9-16-23(24)25(30(35)37)29-31(38)36-28(21-14-11-15-22(19-21)40-3)26(32(39)41-5-2)27(34-33(36)42-29)20-12-7-6-8-13-20/h4,6-17,19,28H,1,5,18H2,2-3H3/b29-25+/t28-/m1/s1. The maximum absolute atomic E-state index is 14.4. The molecule has 0 radical (unpaired) electrons. The van der Waals surface area contributed by atoms with Crippen molar-refractivity contribution in [2.24, 2.45) is 4.99 Å². The molecule has 0 N–H and O–H groups in total. The van der Waals surface area contributed by atoms with Crippen molar-refractivity contribution in [3.63, 3.8) is 0 Å². The molecule has 210 valence electrons. The fourth-order valence-electron chi connectivity index (χ4n) is 5.43. The molecule has 2 aliphatic rings. The Kier molecular flexibility index (Phi) is 7.18. The fraction of sp³-hybridized carbons (Fsp3) is 0.152. The molecular formula is C33H27N3O5S. The van der Waals surface area contributed by atoms with Crippen molar-refractivity contribution in [1.29, 1.82) is 0 Å². The van der Waals surface area contributed by atoms with E-state index in [9.17, 15) is 14.4 Å². The highest BCUT2D eigenvalue weighted by molar-refractivity contribution is 7.07. The number of rotatable bonds is 7. The molecule has 0 aliphatic carbocycles. The molecule has 1 aromatic heterocycles. The Morgan fingerprint density at radius 2 is 1.81 bits per heavy atom. The predicted octanol–water partition coefficient (Wildman–Crippen LogP) is 3.85. The van der Waals surface area contributed by atoms with Gasteiger partial charge >= 0.3 is 5.97 Å². The van der Waals surface area contributed by atoms with Crippen LogP contribution in [0.4, 0.5) is 5.69 Å². The third kappa shape index (κ3) is 4.38. The van der Waals surface area contributed by atoms with E-state index in [1.165, 1.54) is 4.57 Å². The van der Waals surface area contributed by atoms with Gasteiger partial charge < -0.3 is 14.4 Å². The van der Waals surface area contributed by atoms with Crippen molar-refractivity contribution in [3.8, 4) is 5.75 Å². The van der Waals surface area contributed by atoms with Crippen LogP contribution in [0, 0.1) is 0 Å². The summed E-state index contributed by atoms with van der Waals surface area (Å²) in [4.78, 5) is 48.7. The van der Waals surface area contributed by atoms with Crippen molar-refractivity contribution in [2.45, 2.75) is 13.0 Å². The molecule has 3 aromatic carbocycles. The molecule has 1 amide bonds. The Bertz CT molecular complexity index is 1950. The minimum atomic E-state index is -0.879. The van der Waals surface area contributed by atoms with E-state index in [1.807, 2.05) is 66.7 Å². The number of thiazole rings is 1. The number of hydrogen-bond acceptors (Lipinski definition) is 7. The van der Waals surface area contributed by atoms with Crippen LogP contribution in [0.5, 0.6) is 5.75 Å². The summed E-state index contributed by atoms with van der Waals surface area (Å²) in [6.07, 6.45) is 1.65. The SMILES string of the molecule is C=CCN1C(=O)/C(=c2/sc3n(c2=O)[C@H](c2cccc(OC)c2)C(C(=O)OCC)=C(c2ccccc2)N=3)c2ccccc21. The number of esters is 1. The Morgan fingerprint density at radius 1 is 1.05 bits per heavy atom. The normalized spacial score (nSPS) is 17.0. The van der Waals surface area contributed by atoms with E-state index < -0.39 is 17.6 Å². The fourth-order valence-corrected chi connectivity index (χ4v) is 6.52.